The van der Waals surface area contributed by atoms with E-state index in [-0.39, 0.29) is 18.1 Å². The van der Waals surface area contributed by atoms with Crippen LogP contribution in [-0.2, 0) is 11.2 Å². The molecule has 0 bridgehead atoms. The van der Waals surface area contributed by atoms with Crippen molar-refractivity contribution in [1.82, 2.24) is 10.2 Å². The third kappa shape index (κ3) is 4.71. The monoisotopic (exact) mass is 306 g/mol. The van der Waals surface area contributed by atoms with Crippen molar-refractivity contribution in [3.8, 4) is 5.75 Å². The van der Waals surface area contributed by atoms with Crippen LogP contribution in [0.1, 0.15) is 25.3 Å². The Balaban J connectivity index is 1.72. The number of hydrogen-bond acceptors (Lipinski definition) is 4. The molecule has 1 heterocycles. The highest BCUT2D eigenvalue weighted by molar-refractivity contribution is 5.81. The van der Waals surface area contributed by atoms with Gasteiger partial charge in [-0.1, -0.05) is 12.1 Å². The smallest absolute Gasteiger partial charge is 0.237 e. The van der Waals surface area contributed by atoms with Crippen LogP contribution in [0.4, 0.5) is 0 Å². The van der Waals surface area contributed by atoms with Crippen LogP contribution in [0.5, 0.6) is 5.75 Å². The lowest BCUT2D eigenvalue weighted by atomic mass is 10.1. The van der Waals surface area contributed by atoms with Gasteiger partial charge in [0.15, 0.2) is 0 Å². The fourth-order valence-electron chi connectivity index (χ4n) is 2.71. The summed E-state index contributed by atoms with van der Waals surface area (Å²) < 4.78 is 5.12. The number of methoxy groups -OCH3 is 1. The van der Waals surface area contributed by atoms with Gasteiger partial charge < -0.3 is 15.2 Å². The molecule has 2 N–H and O–H groups in total. The van der Waals surface area contributed by atoms with E-state index in [1.54, 1.807) is 7.11 Å². The minimum atomic E-state index is -0.207. The Kier molecular flexibility index (Phi) is 6.21. The minimum Gasteiger partial charge on any atom is -0.497 e. The lowest BCUT2D eigenvalue weighted by Crippen LogP contribution is -2.49. The molecular weight excluding hydrogens is 280 g/mol. The molecule has 1 aliphatic heterocycles. The van der Waals surface area contributed by atoms with Gasteiger partial charge in [0, 0.05) is 19.6 Å². The number of carbonyl (C=O) groups excluding carboxylic acids is 1. The second-order valence-electron chi connectivity index (χ2n) is 5.83. The molecule has 0 aromatic heterocycles. The van der Waals surface area contributed by atoms with E-state index < -0.39 is 0 Å². The molecule has 2 rings (SSSR count). The summed E-state index contributed by atoms with van der Waals surface area (Å²) in [6, 6.07) is 7.75. The van der Waals surface area contributed by atoms with Crippen molar-refractivity contribution in [3.05, 3.63) is 29.8 Å². The van der Waals surface area contributed by atoms with Gasteiger partial charge in [-0.2, -0.15) is 0 Å². The van der Waals surface area contributed by atoms with Crippen molar-refractivity contribution >= 4 is 5.91 Å². The number of amides is 1. The highest BCUT2D eigenvalue weighted by atomic mass is 16.5. The largest absolute Gasteiger partial charge is 0.497 e. The van der Waals surface area contributed by atoms with E-state index in [1.165, 1.54) is 5.56 Å². The Morgan fingerprint density at radius 1 is 1.36 bits per heavy atom. The molecule has 1 saturated heterocycles. The zero-order valence-electron chi connectivity index (χ0n) is 13.4. The van der Waals surface area contributed by atoms with Crippen molar-refractivity contribution in [2.45, 2.75) is 38.3 Å². The minimum absolute atomic E-state index is 0.0601. The second kappa shape index (κ2) is 8.15. The first-order chi connectivity index (χ1) is 10.6. The summed E-state index contributed by atoms with van der Waals surface area (Å²) >= 11 is 0. The summed E-state index contributed by atoms with van der Waals surface area (Å²) in [6.45, 7) is 4.13. The first-order valence-electron chi connectivity index (χ1n) is 7.93. The molecular formula is C17H26N2O3. The molecule has 1 aromatic rings. The van der Waals surface area contributed by atoms with Crippen molar-refractivity contribution in [3.63, 3.8) is 0 Å². The summed E-state index contributed by atoms with van der Waals surface area (Å²) in [5.74, 6) is 0.901. The standard InChI is InChI=1S/C17H26N2O3/c1-13(19-11-8-15(20)9-12-19)17(21)18-10-7-14-3-5-16(22-2)6-4-14/h3-6,13,15,20H,7-12H2,1-2H3,(H,18,21). The van der Waals surface area contributed by atoms with Crippen LogP contribution in [0.25, 0.3) is 0 Å². The number of aliphatic hydroxyl groups excluding tert-OH is 1. The maximum atomic E-state index is 12.2. The molecule has 122 valence electrons. The molecule has 1 amide bonds. The van der Waals surface area contributed by atoms with Crippen molar-refractivity contribution in [2.24, 2.45) is 0 Å². The Hall–Kier alpha value is -1.59. The molecule has 0 radical (unpaired) electrons. The lowest BCUT2D eigenvalue weighted by molar-refractivity contribution is -0.126. The zero-order chi connectivity index (χ0) is 15.9. The summed E-state index contributed by atoms with van der Waals surface area (Å²) in [5.41, 5.74) is 1.18. The quantitative estimate of drug-likeness (QED) is 0.829. The Morgan fingerprint density at radius 2 is 2.00 bits per heavy atom. The number of hydrogen-bond donors (Lipinski definition) is 2. The molecule has 1 atom stereocenters. The maximum Gasteiger partial charge on any atom is 0.237 e. The molecule has 5 nitrogen and oxygen atoms in total. The van der Waals surface area contributed by atoms with Gasteiger partial charge in [-0.05, 0) is 43.9 Å². The molecule has 1 fully saturated rings. The molecule has 0 spiro atoms. The van der Waals surface area contributed by atoms with Crippen LogP contribution in [0, 0.1) is 0 Å². The van der Waals surface area contributed by atoms with Crippen LogP contribution < -0.4 is 10.1 Å². The summed E-state index contributed by atoms with van der Waals surface area (Å²) in [6.07, 6.45) is 2.11. The van der Waals surface area contributed by atoms with Crippen LogP contribution in [-0.4, -0.2) is 54.8 Å². The second-order valence-corrected chi connectivity index (χ2v) is 5.83. The van der Waals surface area contributed by atoms with Crippen LogP contribution in [0.2, 0.25) is 0 Å². The van der Waals surface area contributed by atoms with Gasteiger partial charge in [-0.15, -0.1) is 0 Å². The maximum absolute atomic E-state index is 12.2. The molecule has 0 saturated carbocycles. The first kappa shape index (κ1) is 16.8. The third-order valence-electron chi connectivity index (χ3n) is 4.30. The molecule has 1 aliphatic rings. The predicted octanol–water partition coefficient (Wildman–Crippen LogP) is 1.20. The van der Waals surface area contributed by atoms with E-state index in [0.717, 1.165) is 38.1 Å². The molecule has 0 aliphatic carbocycles. The fourth-order valence-corrected chi connectivity index (χ4v) is 2.71. The van der Waals surface area contributed by atoms with E-state index in [9.17, 15) is 9.90 Å². The third-order valence-corrected chi connectivity index (χ3v) is 4.30. The Bertz CT molecular complexity index is 467. The first-order valence-corrected chi connectivity index (χ1v) is 7.93. The van der Waals surface area contributed by atoms with Crippen LogP contribution in [0.3, 0.4) is 0 Å². The summed E-state index contributed by atoms with van der Waals surface area (Å²) in [5, 5.41) is 12.5. The van der Waals surface area contributed by atoms with E-state index >= 15 is 0 Å². The normalized spacial score (nSPS) is 18.0. The number of nitrogens with zero attached hydrogens (tertiary/aromatic N) is 1. The van der Waals surface area contributed by atoms with Gasteiger partial charge in [0.05, 0.1) is 19.3 Å². The number of benzene rings is 1. The molecule has 22 heavy (non-hydrogen) atoms. The topological polar surface area (TPSA) is 61.8 Å². The van der Waals surface area contributed by atoms with E-state index in [2.05, 4.69) is 10.2 Å². The van der Waals surface area contributed by atoms with Crippen molar-refractivity contribution in [1.29, 1.82) is 0 Å². The number of carbonyl (C=O) groups is 1. The average molecular weight is 306 g/mol. The fraction of sp³-hybridized carbons (Fsp3) is 0.588. The van der Waals surface area contributed by atoms with Gasteiger partial charge in [0.25, 0.3) is 0 Å². The van der Waals surface area contributed by atoms with Crippen molar-refractivity contribution < 1.29 is 14.6 Å². The van der Waals surface area contributed by atoms with E-state index in [4.69, 9.17) is 4.74 Å². The zero-order valence-corrected chi connectivity index (χ0v) is 13.4. The predicted molar refractivity (Wildman–Crippen MR) is 86.0 cm³/mol. The van der Waals surface area contributed by atoms with Crippen molar-refractivity contribution in [2.75, 3.05) is 26.7 Å². The molecule has 1 unspecified atom stereocenters. The van der Waals surface area contributed by atoms with Gasteiger partial charge in [0.1, 0.15) is 5.75 Å². The lowest BCUT2D eigenvalue weighted by Gasteiger charge is -2.33. The average Bonchev–Trinajstić information content (AvgIpc) is 2.55. The SMILES string of the molecule is COc1ccc(CCNC(=O)C(C)N2CCC(O)CC2)cc1. The highest BCUT2D eigenvalue weighted by Crippen LogP contribution is 2.13. The molecule has 1 aromatic carbocycles. The Morgan fingerprint density at radius 3 is 2.59 bits per heavy atom. The van der Waals surface area contributed by atoms with E-state index in [0.29, 0.717) is 6.54 Å². The van der Waals surface area contributed by atoms with Gasteiger partial charge in [0.2, 0.25) is 5.91 Å². The number of likely N-dealkylation sites (tertiary alicyclic amines) is 1. The number of piperidine rings is 1. The van der Waals surface area contributed by atoms with Gasteiger partial charge >= 0.3 is 0 Å². The highest BCUT2D eigenvalue weighted by Gasteiger charge is 2.25. The number of ether oxygens (including phenoxy) is 1. The van der Waals surface area contributed by atoms with Gasteiger partial charge in [-0.3, -0.25) is 9.69 Å². The van der Waals surface area contributed by atoms with E-state index in [1.807, 2.05) is 31.2 Å². The van der Waals surface area contributed by atoms with Crippen LogP contribution in [0.15, 0.2) is 24.3 Å². The number of rotatable bonds is 6. The van der Waals surface area contributed by atoms with Crippen LogP contribution >= 0.6 is 0 Å². The summed E-state index contributed by atoms with van der Waals surface area (Å²) in [4.78, 5) is 14.3. The summed E-state index contributed by atoms with van der Waals surface area (Å²) in [7, 11) is 1.65. The number of nitrogens with one attached hydrogen (secondary N) is 1. The molecule has 5 heteroatoms. The number of aliphatic hydroxyl groups is 1. The van der Waals surface area contributed by atoms with Gasteiger partial charge in [-0.25, -0.2) is 0 Å². The Labute approximate surface area is 132 Å².